The Morgan fingerprint density at radius 1 is 0.872 bits per heavy atom. The van der Waals surface area contributed by atoms with Crippen LogP contribution < -0.4 is 4.90 Å². The highest BCUT2D eigenvalue weighted by atomic mass is 16.7. The minimum Gasteiger partial charge on any atom is -0.445 e. The predicted molar refractivity (Wildman–Crippen MR) is 157 cm³/mol. The molecule has 2 aromatic rings. The van der Waals surface area contributed by atoms with E-state index in [-0.39, 0.29) is 12.4 Å². The number of amides is 1. The third-order valence-electron chi connectivity index (χ3n) is 8.10. The number of hydrogen-bond donors (Lipinski definition) is 0. The van der Waals surface area contributed by atoms with Gasteiger partial charge in [0, 0.05) is 56.9 Å². The minimum atomic E-state index is -0.210. The Labute approximate surface area is 235 Å². The van der Waals surface area contributed by atoms with Gasteiger partial charge in [0.05, 0.1) is 0 Å². The molecule has 2 aliphatic rings. The lowest BCUT2D eigenvalue weighted by molar-refractivity contribution is -0.177. The summed E-state index contributed by atoms with van der Waals surface area (Å²) >= 11 is 0. The second-order valence-electron chi connectivity index (χ2n) is 11.1. The summed E-state index contributed by atoms with van der Waals surface area (Å²) in [5.74, 6) is 0.813. The van der Waals surface area contributed by atoms with Crippen LogP contribution in [-0.4, -0.2) is 56.7 Å². The molecule has 2 fully saturated rings. The Bertz CT molecular complexity index is 949. The van der Waals surface area contributed by atoms with E-state index < -0.39 is 0 Å². The van der Waals surface area contributed by atoms with E-state index >= 15 is 0 Å². The van der Waals surface area contributed by atoms with Crippen molar-refractivity contribution in [3.05, 3.63) is 65.7 Å². The Kier molecular flexibility index (Phi) is 12.0. The van der Waals surface area contributed by atoms with E-state index in [2.05, 4.69) is 43.0 Å². The summed E-state index contributed by atoms with van der Waals surface area (Å²) in [6, 6.07) is 18.9. The van der Waals surface area contributed by atoms with Crippen LogP contribution in [0.2, 0.25) is 0 Å². The monoisotopic (exact) mass is 536 g/mol. The summed E-state index contributed by atoms with van der Waals surface area (Å²) in [4.78, 5) is 17.1. The molecule has 6 heteroatoms. The third-order valence-corrected chi connectivity index (χ3v) is 8.10. The van der Waals surface area contributed by atoms with E-state index in [0.717, 1.165) is 96.3 Å². The van der Waals surface area contributed by atoms with Crippen molar-refractivity contribution in [3.63, 3.8) is 0 Å². The fourth-order valence-corrected chi connectivity index (χ4v) is 5.62. The van der Waals surface area contributed by atoms with Crippen LogP contribution in [0.25, 0.3) is 0 Å². The van der Waals surface area contributed by atoms with Crippen molar-refractivity contribution in [2.24, 2.45) is 5.92 Å². The van der Waals surface area contributed by atoms with Crippen LogP contribution in [-0.2, 0) is 20.8 Å². The highest BCUT2D eigenvalue weighted by Gasteiger charge is 2.29. The Balaban J connectivity index is 1.25. The molecule has 4 rings (SSSR count). The third kappa shape index (κ3) is 8.97. The molecule has 0 N–H and O–H groups in total. The van der Waals surface area contributed by atoms with Crippen molar-refractivity contribution in [2.45, 2.75) is 84.0 Å². The SMILES string of the molecule is CCCCOC(OCCCC)C1CCN(c2ccc([C@H]3CCCN(C(=O)OCc4ccccc4)C3)cc2)CC1. The van der Waals surface area contributed by atoms with Crippen LogP contribution in [0, 0.1) is 5.92 Å². The number of anilines is 1. The molecule has 2 aliphatic heterocycles. The minimum absolute atomic E-state index is 0.0683. The largest absolute Gasteiger partial charge is 0.445 e. The molecule has 214 valence electrons. The number of nitrogens with zero attached hydrogens (tertiary/aromatic N) is 2. The van der Waals surface area contributed by atoms with Crippen molar-refractivity contribution in [2.75, 3.05) is 44.3 Å². The molecule has 0 saturated carbocycles. The maximum atomic E-state index is 12.7. The van der Waals surface area contributed by atoms with Crippen LogP contribution in [0.3, 0.4) is 0 Å². The molecule has 6 nitrogen and oxygen atoms in total. The lowest BCUT2D eigenvalue weighted by atomic mass is 9.90. The topological polar surface area (TPSA) is 51.2 Å². The van der Waals surface area contributed by atoms with Gasteiger partial charge in [-0.05, 0) is 61.8 Å². The summed E-state index contributed by atoms with van der Waals surface area (Å²) in [5, 5.41) is 0. The lowest BCUT2D eigenvalue weighted by Crippen LogP contribution is -2.40. The molecular weight excluding hydrogens is 488 g/mol. The molecule has 0 radical (unpaired) electrons. The summed E-state index contributed by atoms with van der Waals surface area (Å²) < 4.78 is 17.9. The molecule has 0 spiro atoms. The molecule has 2 heterocycles. The molecule has 39 heavy (non-hydrogen) atoms. The molecule has 2 aromatic carbocycles. The highest BCUT2D eigenvalue weighted by molar-refractivity contribution is 5.68. The molecular formula is C33H48N2O4. The zero-order valence-electron chi connectivity index (χ0n) is 24.1. The number of unbranched alkanes of at least 4 members (excludes halogenated alkanes) is 2. The Hall–Kier alpha value is -2.57. The van der Waals surface area contributed by atoms with Crippen LogP contribution in [0.5, 0.6) is 0 Å². The Morgan fingerprint density at radius 2 is 1.54 bits per heavy atom. The zero-order valence-corrected chi connectivity index (χ0v) is 24.1. The van der Waals surface area contributed by atoms with Gasteiger partial charge in [0.2, 0.25) is 0 Å². The average molecular weight is 537 g/mol. The summed E-state index contributed by atoms with van der Waals surface area (Å²) in [6.45, 7) is 9.84. The first kappa shape index (κ1) is 29.4. The zero-order chi connectivity index (χ0) is 27.3. The molecule has 0 aromatic heterocycles. The van der Waals surface area contributed by atoms with E-state index in [1.54, 1.807) is 0 Å². The van der Waals surface area contributed by atoms with Crippen molar-refractivity contribution in [1.82, 2.24) is 4.90 Å². The van der Waals surface area contributed by atoms with Gasteiger partial charge in [0.25, 0.3) is 0 Å². The van der Waals surface area contributed by atoms with E-state index in [1.807, 2.05) is 35.2 Å². The number of piperidine rings is 2. The van der Waals surface area contributed by atoms with E-state index in [4.69, 9.17) is 14.2 Å². The first-order valence-corrected chi connectivity index (χ1v) is 15.2. The highest BCUT2D eigenvalue weighted by Crippen LogP contribution is 2.31. The van der Waals surface area contributed by atoms with E-state index in [0.29, 0.717) is 18.4 Å². The van der Waals surface area contributed by atoms with Gasteiger partial charge >= 0.3 is 6.09 Å². The molecule has 1 amide bonds. The van der Waals surface area contributed by atoms with Gasteiger partial charge in [-0.25, -0.2) is 4.79 Å². The van der Waals surface area contributed by atoms with Gasteiger partial charge in [-0.1, -0.05) is 69.2 Å². The first-order chi connectivity index (χ1) is 19.2. The van der Waals surface area contributed by atoms with Crippen molar-refractivity contribution >= 4 is 11.8 Å². The van der Waals surface area contributed by atoms with E-state index in [9.17, 15) is 4.79 Å². The number of benzene rings is 2. The lowest BCUT2D eigenvalue weighted by Gasteiger charge is -2.37. The Morgan fingerprint density at radius 3 is 2.18 bits per heavy atom. The molecule has 1 atom stereocenters. The number of carbonyl (C=O) groups is 1. The number of carbonyl (C=O) groups excluding carboxylic acids is 1. The van der Waals surface area contributed by atoms with Gasteiger partial charge in [0.15, 0.2) is 6.29 Å². The molecule has 0 unspecified atom stereocenters. The summed E-state index contributed by atoms with van der Waals surface area (Å²) in [6.07, 6.45) is 8.48. The second kappa shape index (κ2) is 15.9. The molecule has 0 aliphatic carbocycles. The number of rotatable bonds is 13. The van der Waals surface area contributed by atoms with Crippen molar-refractivity contribution in [1.29, 1.82) is 0 Å². The summed E-state index contributed by atoms with van der Waals surface area (Å²) in [7, 11) is 0. The van der Waals surface area contributed by atoms with Crippen molar-refractivity contribution in [3.8, 4) is 0 Å². The van der Waals surface area contributed by atoms with Crippen molar-refractivity contribution < 1.29 is 19.0 Å². The summed E-state index contributed by atoms with van der Waals surface area (Å²) in [5.41, 5.74) is 3.60. The number of ether oxygens (including phenoxy) is 3. The fourth-order valence-electron chi connectivity index (χ4n) is 5.62. The first-order valence-electron chi connectivity index (χ1n) is 15.2. The quantitative estimate of drug-likeness (QED) is 0.197. The van der Waals surface area contributed by atoms with Gasteiger partial charge in [-0.15, -0.1) is 0 Å². The number of likely N-dealkylation sites (tertiary alicyclic amines) is 1. The maximum absolute atomic E-state index is 12.7. The van der Waals surface area contributed by atoms with E-state index in [1.165, 1.54) is 11.3 Å². The number of hydrogen-bond acceptors (Lipinski definition) is 5. The molecule has 0 bridgehead atoms. The fraction of sp³-hybridized carbons (Fsp3) is 0.606. The van der Waals surface area contributed by atoms with Gasteiger partial charge < -0.3 is 24.0 Å². The maximum Gasteiger partial charge on any atom is 0.410 e. The van der Waals surface area contributed by atoms with Crippen LogP contribution in [0.1, 0.15) is 82.3 Å². The van der Waals surface area contributed by atoms with Crippen LogP contribution >= 0.6 is 0 Å². The van der Waals surface area contributed by atoms with Gasteiger partial charge in [0.1, 0.15) is 6.61 Å². The van der Waals surface area contributed by atoms with Gasteiger partial charge in [-0.3, -0.25) is 0 Å². The standard InChI is InChI=1S/C33H48N2O4/c1-3-5-23-37-32(38-24-6-4-2)29-18-21-34(22-19-29)31-16-14-28(15-17-31)30-13-10-20-35(25-30)33(36)39-26-27-11-8-7-9-12-27/h7-9,11-12,14-17,29-30,32H,3-6,10,13,18-26H2,1-2H3/t30-/m0/s1. The average Bonchev–Trinajstić information content (AvgIpc) is 3.00. The van der Waals surface area contributed by atoms with Crippen LogP contribution in [0.4, 0.5) is 10.5 Å². The predicted octanol–water partition coefficient (Wildman–Crippen LogP) is 7.38. The normalized spacial score (nSPS) is 18.5. The second-order valence-corrected chi connectivity index (χ2v) is 11.1. The smallest absolute Gasteiger partial charge is 0.410 e. The molecule has 2 saturated heterocycles. The van der Waals surface area contributed by atoms with Gasteiger partial charge in [-0.2, -0.15) is 0 Å². The van der Waals surface area contributed by atoms with Crippen LogP contribution in [0.15, 0.2) is 54.6 Å².